The fourth-order valence-corrected chi connectivity index (χ4v) is 4.66. The summed E-state index contributed by atoms with van der Waals surface area (Å²) in [6.45, 7) is 5.26. The molecule has 0 unspecified atom stereocenters. The second-order valence-electron chi connectivity index (χ2n) is 8.43. The highest BCUT2D eigenvalue weighted by Gasteiger charge is 2.58. The fourth-order valence-electron chi connectivity index (χ4n) is 4.66. The maximum atomic E-state index is 11.4. The van der Waals surface area contributed by atoms with Crippen molar-refractivity contribution in [3.63, 3.8) is 0 Å². The molecule has 8 heteroatoms. The molecule has 0 aliphatic heterocycles. The van der Waals surface area contributed by atoms with Crippen LogP contribution >= 0.6 is 0 Å². The first-order valence-electron chi connectivity index (χ1n) is 10.2. The molecule has 3 rings (SSSR count). The van der Waals surface area contributed by atoms with E-state index < -0.39 is 17.5 Å². The van der Waals surface area contributed by atoms with E-state index in [1.165, 1.54) is 11.1 Å². The van der Waals surface area contributed by atoms with Crippen LogP contribution in [0.4, 0.5) is 0 Å². The van der Waals surface area contributed by atoms with Gasteiger partial charge in [0.1, 0.15) is 6.61 Å². The van der Waals surface area contributed by atoms with Crippen molar-refractivity contribution in [1.29, 1.82) is 0 Å². The van der Waals surface area contributed by atoms with Gasteiger partial charge in [-0.1, -0.05) is 41.9 Å². The van der Waals surface area contributed by atoms with Gasteiger partial charge in [0, 0.05) is 24.1 Å². The van der Waals surface area contributed by atoms with Gasteiger partial charge in [0.25, 0.3) is 0 Å². The molecule has 2 fully saturated rings. The van der Waals surface area contributed by atoms with E-state index in [9.17, 15) is 5.11 Å². The molecule has 2 aliphatic carbocycles. The van der Waals surface area contributed by atoms with Gasteiger partial charge in [0.15, 0.2) is 0 Å². The largest absolute Gasteiger partial charge is 0.473 e. The average molecular weight is 421 g/mol. The van der Waals surface area contributed by atoms with E-state index in [1.54, 1.807) is 0 Å². The SMILES string of the molecule is Cc1ccc([C@H]2CC[C@]3(C)[C@@H](C=NOCCN)CC[C@]3(O)C2)cc1.O=C(O)C(=O)O. The van der Waals surface area contributed by atoms with E-state index in [1.807, 2.05) is 6.21 Å². The number of carboxylic acid groups (broad SMARTS) is 2. The summed E-state index contributed by atoms with van der Waals surface area (Å²) in [5.41, 5.74) is 7.35. The van der Waals surface area contributed by atoms with E-state index in [0.29, 0.717) is 19.1 Å². The average Bonchev–Trinajstić information content (AvgIpc) is 2.96. The Bertz CT molecular complexity index is 753. The summed E-state index contributed by atoms with van der Waals surface area (Å²) >= 11 is 0. The summed E-state index contributed by atoms with van der Waals surface area (Å²) in [5.74, 6) is -2.92. The Kier molecular flexibility index (Phi) is 7.97. The second kappa shape index (κ2) is 10.0. The molecule has 2 aliphatic rings. The van der Waals surface area contributed by atoms with Crippen LogP contribution in [0.25, 0.3) is 0 Å². The number of carboxylic acids is 2. The molecule has 0 heterocycles. The van der Waals surface area contributed by atoms with E-state index in [2.05, 4.69) is 43.3 Å². The van der Waals surface area contributed by atoms with E-state index in [-0.39, 0.29) is 11.3 Å². The number of oxime groups is 1. The monoisotopic (exact) mass is 420 g/mol. The third-order valence-electron chi connectivity index (χ3n) is 6.60. The number of aryl methyl sites for hydroxylation is 1. The number of hydrogen-bond acceptors (Lipinski definition) is 6. The minimum Gasteiger partial charge on any atom is -0.473 e. The molecule has 0 radical (unpaired) electrons. The quantitative estimate of drug-likeness (QED) is 0.248. The molecular formula is C22H32N2O6. The predicted molar refractivity (Wildman–Crippen MR) is 112 cm³/mol. The Labute approximate surface area is 176 Å². The zero-order valence-electron chi connectivity index (χ0n) is 17.6. The number of nitrogens with zero attached hydrogens (tertiary/aromatic N) is 1. The Morgan fingerprint density at radius 2 is 1.83 bits per heavy atom. The Balaban J connectivity index is 0.000000469. The summed E-state index contributed by atoms with van der Waals surface area (Å²) in [6, 6.07) is 8.79. The van der Waals surface area contributed by atoms with Gasteiger partial charge in [-0.3, -0.25) is 0 Å². The maximum Gasteiger partial charge on any atom is 0.414 e. The summed E-state index contributed by atoms with van der Waals surface area (Å²) in [4.78, 5) is 23.4. The first kappa shape index (κ1) is 23.8. The van der Waals surface area contributed by atoms with Crippen molar-refractivity contribution in [2.24, 2.45) is 22.2 Å². The van der Waals surface area contributed by atoms with Crippen LogP contribution in [0, 0.1) is 18.3 Å². The van der Waals surface area contributed by atoms with Crippen molar-refractivity contribution in [2.45, 2.75) is 57.5 Å². The number of rotatable bonds is 5. The minimum atomic E-state index is -1.82. The maximum absolute atomic E-state index is 11.4. The highest BCUT2D eigenvalue weighted by molar-refractivity contribution is 6.27. The van der Waals surface area contributed by atoms with Crippen molar-refractivity contribution in [2.75, 3.05) is 13.2 Å². The number of hydrogen-bond donors (Lipinski definition) is 4. The number of nitrogens with two attached hydrogens (primary N) is 1. The lowest BCUT2D eigenvalue weighted by atomic mass is 9.59. The lowest BCUT2D eigenvalue weighted by Crippen LogP contribution is -2.49. The molecule has 8 nitrogen and oxygen atoms in total. The number of aliphatic hydroxyl groups is 1. The zero-order chi connectivity index (χ0) is 22.4. The molecule has 166 valence electrons. The zero-order valence-corrected chi connectivity index (χ0v) is 17.6. The lowest BCUT2D eigenvalue weighted by Gasteiger charge is -2.48. The first-order valence-corrected chi connectivity index (χ1v) is 10.2. The van der Waals surface area contributed by atoms with Crippen molar-refractivity contribution in [1.82, 2.24) is 0 Å². The number of carbonyl (C=O) groups is 2. The standard InChI is InChI=1S/C20H30N2O2.C2H2O4/c1-15-3-5-16(6-4-15)17-7-9-19(2)18(14-22-24-12-11-21)8-10-20(19,23)13-17;3-1(4)2(5)6/h3-6,14,17-18,23H,7-13,21H2,1-2H3;(H,3,4)(H,5,6)/t17-,18+,19+,20-;/m0./s1. The summed E-state index contributed by atoms with van der Waals surface area (Å²) in [5, 5.41) is 30.3. The van der Waals surface area contributed by atoms with Crippen molar-refractivity contribution < 1.29 is 29.7 Å². The highest BCUT2D eigenvalue weighted by Crippen LogP contribution is 2.60. The Hall–Kier alpha value is -2.45. The van der Waals surface area contributed by atoms with Crippen LogP contribution in [0.15, 0.2) is 29.4 Å². The van der Waals surface area contributed by atoms with Crippen LogP contribution < -0.4 is 5.73 Å². The Morgan fingerprint density at radius 3 is 2.40 bits per heavy atom. The Morgan fingerprint density at radius 1 is 1.20 bits per heavy atom. The van der Waals surface area contributed by atoms with Crippen molar-refractivity contribution >= 4 is 18.2 Å². The van der Waals surface area contributed by atoms with Crippen LogP contribution in [0.3, 0.4) is 0 Å². The molecule has 0 saturated heterocycles. The third-order valence-corrected chi connectivity index (χ3v) is 6.60. The van der Waals surface area contributed by atoms with Gasteiger partial charge in [-0.25, -0.2) is 9.59 Å². The molecule has 0 aromatic heterocycles. The van der Waals surface area contributed by atoms with E-state index in [0.717, 1.165) is 32.1 Å². The topological polar surface area (TPSA) is 142 Å². The van der Waals surface area contributed by atoms with Crippen LogP contribution in [-0.2, 0) is 14.4 Å². The third kappa shape index (κ3) is 5.37. The fraction of sp³-hybridized carbons (Fsp3) is 0.591. The molecule has 1 aromatic carbocycles. The van der Waals surface area contributed by atoms with Gasteiger partial charge >= 0.3 is 11.9 Å². The van der Waals surface area contributed by atoms with Crippen LogP contribution in [-0.4, -0.2) is 52.2 Å². The lowest BCUT2D eigenvalue weighted by molar-refractivity contribution is -0.159. The summed E-state index contributed by atoms with van der Waals surface area (Å²) < 4.78 is 0. The minimum absolute atomic E-state index is 0.107. The van der Waals surface area contributed by atoms with Crippen LogP contribution in [0.5, 0.6) is 0 Å². The number of aliphatic carboxylic acids is 2. The van der Waals surface area contributed by atoms with Gasteiger partial charge in [-0.05, 0) is 50.5 Å². The molecule has 30 heavy (non-hydrogen) atoms. The van der Waals surface area contributed by atoms with E-state index >= 15 is 0 Å². The van der Waals surface area contributed by atoms with E-state index in [4.69, 9.17) is 30.4 Å². The predicted octanol–water partition coefficient (Wildman–Crippen LogP) is 2.53. The highest BCUT2D eigenvalue weighted by atomic mass is 16.6. The first-order chi connectivity index (χ1) is 14.1. The molecule has 5 N–H and O–H groups in total. The van der Waals surface area contributed by atoms with Crippen LogP contribution in [0.2, 0.25) is 0 Å². The van der Waals surface area contributed by atoms with Crippen LogP contribution in [0.1, 0.15) is 56.1 Å². The molecular weight excluding hydrogens is 388 g/mol. The van der Waals surface area contributed by atoms with Crippen molar-refractivity contribution in [3.05, 3.63) is 35.4 Å². The summed E-state index contributed by atoms with van der Waals surface area (Å²) in [6.07, 6.45) is 6.72. The molecule has 0 amide bonds. The number of benzene rings is 1. The van der Waals surface area contributed by atoms with Gasteiger partial charge in [0.2, 0.25) is 0 Å². The smallest absolute Gasteiger partial charge is 0.414 e. The normalized spacial score (nSPS) is 30.3. The second-order valence-corrected chi connectivity index (χ2v) is 8.43. The number of fused-ring (bicyclic) bond motifs is 1. The van der Waals surface area contributed by atoms with Gasteiger partial charge in [-0.2, -0.15) is 0 Å². The van der Waals surface area contributed by atoms with Gasteiger partial charge < -0.3 is 25.9 Å². The molecule has 4 atom stereocenters. The van der Waals surface area contributed by atoms with Gasteiger partial charge in [0.05, 0.1) is 5.60 Å². The molecule has 0 bridgehead atoms. The molecule has 1 aromatic rings. The van der Waals surface area contributed by atoms with Gasteiger partial charge in [-0.15, -0.1) is 0 Å². The summed E-state index contributed by atoms with van der Waals surface area (Å²) in [7, 11) is 0. The molecule has 2 saturated carbocycles. The van der Waals surface area contributed by atoms with Crippen molar-refractivity contribution in [3.8, 4) is 0 Å². The molecule has 0 spiro atoms.